The fraction of sp³-hybridized carbons (Fsp3) is 0.400. The van der Waals surface area contributed by atoms with Crippen molar-refractivity contribution < 1.29 is 4.39 Å². The highest BCUT2D eigenvalue weighted by atomic mass is 32.1. The van der Waals surface area contributed by atoms with Gasteiger partial charge in [0.1, 0.15) is 5.82 Å². The molecule has 0 radical (unpaired) electrons. The number of thiazole rings is 1. The maximum absolute atomic E-state index is 13.9. The SMILES string of the molecule is Cc1cnc(N2CCCN(c3ccccc3F)CC2)s1. The van der Waals surface area contributed by atoms with Crippen LogP contribution in [0, 0.1) is 12.7 Å². The molecule has 1 aromatic heterocycles. The Kier molecular flexibility index (Phi) is 3.87. The standard InChI is InChI=1S/C15H18FN3S/c1-12-11-17-15(20-12)19-8-4-7-18(9-10-19)14-6-3-2-5-13(14)16/h2-3,5-6,11H,4,7-10H2,1H3. The first-order chi connectivity index (χ1) is 9.74. The van der Waals surface area contributed by atoms with Crippen LogP contribution in [0.3, 0.4) is 0 Å². The van der Waals surface area contributed by atoms with Gasteiger partial charge in [0.2, 0.25) is 0 Å². The molecule has 0 unspecified atom stereocenters. The van der Waals surface area contributed by atoms with Gasteiger partial charge in [-0.3, -0.25) is 0 Å². The molecule has 106 valence electrons. The number of nitrogens with zero attached hydrogens (tertiary/aromatic N) is 3. The third kappa shape index (κ3) is 2.77. The number of rotatable bonds is 2. The number of benzene rings is 1. The van der Waals surface area contributed by atoms with E-state index in [0.717, 1.165) is 37.7 Å². The molecule has 2 aromatic rings. The molecule has 1 fully saturated rings. The van der Waals surface area contributed by atoms with Crippen LogP contribution in [0.2, 0.25) is 0 Å². The zero-order valence-electron chi connectivity index (χ0n) is 11.6. The average molecular weight is 291 g/mol. The minimum Gasteiger partial charge on any atom is -0.367 e. The largest absolute Gasteiger partial charge is 0.367 e. The quantitative estimate of drug-likeness (QED) is 0.846. The van der Waals surface area contributed by atoms with Crippen molar-refractivity contribution in [3.8, 4) is 0 Å². The van der Waals surface area contributed by atoms with Gasteiger partial charge in [0.25, 0.3) is 0 Å². The Balaban J connectivity index is 1.72. The van der Waals surface area contributed by atoms with Crippen LogP contribution in [-0.2, 0) is 0 Å². The predicted octanol–water partition coefficient (Wildman–Crippen LogP) is 3.31. The van der Waals surface area contributed by atoms with Crippen LogP contribution in [-0.4, -0.2) is 31.2 Å². The molecule has 0 bridgehead atoms. The fourth-order valence-corrected chi connectivity index (χ4v) is 3.36. The second-order valence-electron chi connectivity index (χ2n) is 5.03. The van der Waals surface area contributed by atoms with Gasteiger partial charge in [-0.2, -0.15) is 0 Å². The molecule has 1 aromatic carbocycles. The van der Waals surface area contributed by atoms with Crippen molar-refractivity contribution in [3.05, 3.63) is 41.2 Å². The summed E-state index contributed by atoms with van der Waals surface area (Å²) in [4.78, 5) is 10.1. The number of aryl methyl sites for hydroxylation is 1. The van der Waals surface area contributed by atoms with Gasteiger partial charge in [-0.25, -0.2) is 9.37 Å². The lowest BCUT2D eigenvalue weighted by atomic mass is 10.2. The van der Waals surface area contributed by atoms with Crippen molar-refractivity contribution in [2.75, 3.05) is 36.0 Å². The molecule has 0 spiro atoms. The van der Waals surface area contributed by atoms with E-state index in [2.05, 4.69) is 21.7 Å². The minimum atomic E-state index is -0.133. The molecule has 3 rings (SSSR count). The van der Waals surface area contributed by atoms with E-state index in [0.29, 0.717) is 5.69 Å². The molecule has 0 N–H and O–H groups in total. The Labute approximate surface area is 122 Å². The summed E-state index contributed by atoms with van der Waals surface area (Å²) in [5.41, 5.74) is 0.713. The smallest absolute Gasteiger partial charge is 0.185 e. The van der Waals surface area contributed by atoms with E-state index < -0.39 is 0 Å². The van der Waals surface area contributed by atoms with E-state index in [-0.39, 0.29) is 5.82 Å². The van der Waals surface area contributed by atoms with E-state index in [9.17, 15) is 4.39 Å². The fourth-order valence-electron chi connectivity index (χ4n) is 2.55. The number of halogens is 1. The van der Waals surface area contributed by atoms with Crippen LogP contribution >= 0.6 is 11.3 Å². The molecule has 1 aliphatic heterocycles. The minimum absolute atomic E-state index is 0.133. The lowest BCUT2D eigenvalue weighted by molar-refractivity contribution is 0.618. The summed E-state index contributed by atoms with van der Waals surface area (Å²) in [6.45, 7) is 5.67. The van der Waals surface area contributed by atoms with E-state index in [4.69, 9.17) is 0 Å². The van der Waals surface area contributed by atoms with Crippen LogP contribution in [0.4, 0.5) is 15.2 Å². The highest BCUT2D eigenvalue weighted by Crippen LogP contribution is 2.25. The highest BCUT2D eigenvalue weighted by molar-refractivity contribution is 7.15. The lowest BCUT2D eigenvalue weighted by Gasteiger charge is -2.23. The average Bonchev–Trinajstić information content (AvgIpc) is 2.74. The van der Waals surface area contributed by atoms with Gasteiger partial charge in [0, 0.05) is 37.3 Å². The molecule has 0 aliphatic carbocycles. The molecule has 1 saturated heterocycles. The van der Waals surface area contributed by atoms with Crippen molar-refractivity contribution in [2.45, 2.75) is 13.3 Å². The summed E-state index contributed by atoms with van der Waals surface area (Å²) in [5, 5.41) is 1.08. The third-order valence-corrected chi connectivity index (χ3v) is 4.54. The molecular weight excluding hydrogens is 273 g/mol. The predicted molar refractivity (Wildman–Crippen MR) is 82.3 cm³/mol. The Morgan fingerprint density at radius 2 is 1.85 bits per heavy atom. The summed E-state index contributed by atoms with van der Waals surface area (Å²) in [6.07, 6.45) is 2.94. The van der Waals surface area contributed by atoms with Gasteiger partial charge >= 0.3 is 0 Å². The number of hydrogen-bond donors (Lipinski definition) is 0. The maximum atomic E-state index is 13.9. The second kappa shape index (κ2) is 5.79. The summed E-state index contributed by atoms with van der Waals surface area (Å²) >= 11 is 1.73. The van der Waals surface area contributed by atoms with Crippen molar-refractivity contribution >= 4 is 22.2 Å². The van der Waals surface area contributed by atoms with E-state index in [1.807, 2.05) is 18.3 Å². The summed E-state index contributed by atoms with van der Waals surface area (Å²) < 4.78 is 13.9. The Bertz CT molecular complexity index is 584. The van der Waals surface area contributed by atoms with Gasteiger partial charge in [0.15, 0.2) is 5.13 Å². The maximum Gasteiger partial charge on any atom is 0.185 e. The zero-order valence-corrected chi connectivity index (χ0v) is 12.4. The molecular formula is C15H18FN3S. The Morgan fingerprint density at radius 3 is 2.60 bits per heavy atom. The van der Waals surface area contributed by atoms with E-state index >= 15 is 0 Å². The van der Waals surface area contributed by atoms with Crippen molar-refractivity contribution in [1.82, 2.24) is 4.98 Å². The van der Waals surface area contributed by atoms with Gasteiger partial charge in [-0.15, -0.1) is 11.3 Å². The summed E-state index contributed by atoms with van der Waals surface area (Å²) in [6, 6.07) is 7.02. The normalized spacial score (nSPS) is 16.3. The molecule has 1 aliphatic rings. The third-order valence-electron chi connectivity index (χ3n) is 3.57. The topological polar surface area (TPSA) is 19.4 Å². The second-order valence-corrected chi connectivity index (χ2v) is 6.25. The molecule has 5 heteroatoms. The number of hydrogen-bond acceptors (Lipinski definition) is 4. The Morgan fingerprint density at radius 1 is 1.10 bits per heavy atom. The first kappa shape index (κ1) is 13.4. The van der Waals surface area contributed by atoms with Crippen LogP contribution in [0.1, 0.15) is 11.3 Å². The first-order valence-electron chi connectivity index (χ1n) is 6.91. The molecule has 2 heterocycles. The first-order valence-corrected chi connectivity index (χ1v) is 7.72. The van der Waals surface area contributed by atoms with Crippen LogP contribution in [0.25, 0.3) is 0 Å². The van der Waals surface area contributed by atoms with E-state index in [1.54, 1.807) is 17.4 Å². The van der Waals surface area contributed by atoms with Gasteiger partial charge in [-0.05, 0) is 25.5 Å². The number of aromatic nitrogens is 1. The van der Waals surface area contributed by atoms with Crippen LogP contribution in [0.15, 0.2) is 30.5 Å². The molecule has 0 saturated carbocycles. The lowest BCUT2D eigenvalue weighted by Crippen LogP contribution is -2.31. The van der Waals surface area contributed by atoms with Gasteiger partial charge in [0.05, 0.1) is 5.69 Å². The van der Waals surface area contributed by atoms with Gasteiger partial charge in [-0.1, -0.05) is 12.1 Å². The van der Waals surface area contributed by atoms with Gasteiger partial charge < -0.3 is 9.80 Å². The van der Waals surface area contributed by atoms with Crippen molar-refractivity contribution in [1.29, 1.82) is 0 Å². The van der Waals surface area contributed by atoms with Crippen LogP contribution in [0.5, 0.6) is 0 Å². The monoisotopic (exact) mass is 291 g/mol. The van der Waals surface area contributed by atoms with E-state index in [1.165, 1.54) is 10.9 Å². The molecule has 20 heavy (non-hydrogen) atoms. The number of anilines is 2. The molecule has 0 amide bonds. The number of para-hydroxylation sites is 1. The summed E-state index contributed by atoms with van der Waals surface area (Å²) in [5.74, 6) is -0.133. The van der Waals surface area contributed by atoms with Crippen molar-refractivity contribution in [3.63, 3.8) is 0 Å². The highest BCUT2D eigenvalue weighted by Gasteiger charge is 2.18. The zero-order chi connectivity index (χ0) is 13.9. The molecule has 3 nitrogen and oxygen atoms in total. The van der Waals surface area contributed by atoms with Crippen LogP contribution < -0.4 is 9.80 Å². The summed E-state index contributed by atoms with van der Waals surface area (Å²) in [7, 11) is 0. The Hall–Kier alpha value is -1.62. The van der Waals surface area contributed by atoms with Crippen molar-refractivity contribution in [2.24, 2.45) is 0 Å². The molecule has 0 atom stereocenters.